The third kappa shape index (κ3) is 4.41. The quantitative estimate of drug-likeness (QED) is 0.719. The average Bonchev–Trinajstić information content (AvgIpc) is 2.42. The molecule has 0 aromatic heterocycles. The fraction of sp³-hybridized carbons (Fsp3) is 0.133. The van der Waals surface area contributed by atoms with Gasteiger partial charge in [0.05, 0.1) is 0 Å². The lowest BCUT2D eigenvalue weighted by atomic mass is 10.0. The lowest BCUT2D eigenvalue weighted by molar-refractivity contribution is -0.0498. The molecule has 0 heterocycles. The molecule has 2 aromatic carbocycles. The van der Waals surface area contributed by atoms with Gasteiger partial charge in [-0.1, -0.05) is 29.3 Å². The number of benzene rings is 2. The first kappa shape index (κ1) is 15.7. The Hall–Kier alpha value is -1.65. The lowest BCUT2D eigenvalue weighted by Crippen LogP contribution is -2.05. The molecule has 0 aliphatic heterocycles. The summed E-state index contributed by atoms with van der Waals surface area (Å²) in [7, 11) is 0. The molecular formula is C15H10Cl2F2O2. The third-order valence-electron chi connectivity index (χ3n) is 2.77. The van der Waals surface area contributed by atoms with Gasteiger partial charge in [0, 0.05) is 22.0 Å². The zero-order chi connectivity index (χ0) is 15.4. The molecule has 2 nitrogen and oxygen atoms in total. The molecule has 0 aliphatic carbocycles. The Morgan fingerprint density at radius 1 is 1.10 bits per heavy atom. The van der Waals surface area contributed by atoms with Crippen LogP contribution >= 0.6 is 23.2 Å². The maximum Gasteiger partial charge on any atom is 0.387 e. The summed E-state index contributed by atoms with van der Waals surface area (Å²) in [5.74, 6) is -0.172. The second kappa shape index (κ2) is 6.87. The van der Waals surface area contributed by atoms with Crippen LogP contribution in [0.15, 0.2) is 42.5 Å². The lowest BCUT2D eigenvalue weighted by Gasteiger charge is -2.06. The second-order valence-corrected chi connectivity index (χ2v) is 5.08. The third-order valence-corrected chi connectivity index (χ3v) is 3.35. The molecular weight excluding hydrogens is 321 g/mol. The Morgan fingerprint density at radius 3 is 2.33 bits per heavy atom. The van der Waals surface area contributed by atoms with Crippen LogP contribution < -0.4 is 4.74 Å². The van der Waals surface area contributed by atoms with Crippen LogP contribution in [0.4, 0.5) is 8.78 Å². The van der Waals surface area contributed by atoms with Gasteiger partial charge in [0.1, 0.15) is 5.75 Å². The van der Waals surface area contributed by atoms with E-state index in [4.69, 9.17) is 23.2 Å². The van der Waals surface area contributed by atoms with Crippen LogP contribution in [-0.2, 0) is 6.42 Å². The van der Waals surface area contributed by atoms with Crippen molar-refractivity contribution in [2.45, 2.75) is 13.0 Å². The predicted molar refractivity (Wildman–Crippen MR) is 77.6 cm³/mol. The van der Waals surface area contributed by atoms with E-state index in [0.29, 0.717) is 21.2 Å². The van der Waals surface area contributed by atoms with E-state index in [1.54, 1.807) is 18.2 Å². The van der Waals surface area contributed by atoms with Crippen LogP contribution in [-0.4, -0.2) is 12.4 Å². The first-order chi connectivity index (χ1) is 9.95. The highest BCUT2D eigenvalue weighted by Gasteiger charge is 2.11. The van der Waals surface area contributed by atoms with E-state index in [2.05, 4.69) is 4.74 Å². The number of carbonyl (C=O) groups is 1. The summed E-state index contributed by atoms with van der Waals surface area (Å²) in [4.78, 5) is 12.1. The molecule has 0 radical (unpaired) electrons. The monoisotopic (exact) mass is 330 g/mol. The van der Waals surface area contributed by atoms with Crippen LogP contribution in [0, 0.1) is 0 Å². The summed E-state index contributed by atoms with van der Waals surface area (Å²) >= 11 is 11.8. The number of ether oxygens (including phenoxy) is 1. The number of rotatable bonds is 5. The Labute approximate surface area is 130 Å². The Kier molecular flexibility index (Phi) is 5.15. The van der Waals surface area contributed by atoms with Gasteiger partial charge in [-0.25, -0.2) is 0 Å². The van der Waals surface area contributed by atoms with Crippen LogP contribution in [0.3, 0.4) is 0 Å². The molecule has 110 valence electrons. The van der Waals surface area contributed by atoms with Crippen LogP contribution in [0.25, 0.3) is 0 Å². The van der Waals surface area contributed by atoms with Crippen LogP contribution in [0.2, 0.25) is 10.0 Å². The summed E-state index contributed by atoms with van der Waals surface area (Å²) in [5, 5.41) is 0.901. The van der Waals surface area contributed by atoms with Crippen molar-refractivity contribution < 1.29 is 18.3 Å². The van der Waals surface area contributed by atoms with Crippen molar-refractivity contribution in [2.75, 3.05) is 0 Å². The van der Waals surface area contributed by atoms with Gasteiger partial charge < -0.3 is 4.74 Å². The molecule has 0 unspecified atom stereocenters. The van der Waals surface area contributed by atoms with Gasteiger partial charge in [0.25, 0.3) is 0 Å². The van der Waals surface area contributed by atoms with Crippen LogP contribution in [0.1, 0.15) is 15.9 Å². The predicted octanol–water partition coefficient (Wildman–Crippen LogP) is 5.02. The number of ketones is 1. The number of halogens is 4. The number of carbonyl (C=O) groups excluding carboxylic acids is 1. The van der Waals surface area contributed by atoms with Crippen LogP contribution in [0.5, 0.6) is 5.75 Å². The molecule has 21 heavy (non-hydrogen) atoms. The Bertz CT molecular complexity index is 643. The van der Waals surface area contributed by atoms with E-state index in [9.17, 15) is 13.6 Å². The molecule has 0 saturated heterocycles. The fourth-order valence-corrected chi connectivity index (χ4v) is 2.24. The van der Waals surface area contributed by atoms with Crippen molar-refractivity contribution >= 4 is 29.0 Å². The molecule has 2 aromatic rings. The number of Topliss-reactive ketones (excluding diaryl/α,β-unsaturated/α-hetero) is 1. The summed E-state index contributed by atoms with van der Waals surface area (Å²) in [6.07, 6.45) is 0.102. The number of hydrogen-bond acceptors (Lipinski definition) is 2. The largest absolute Gasteiger partial charge is 0.435 e. The molecule has 0 atom stereocenters. The highest BCUT2D eigenvalue weighted by atomic mass is 35.5. The molecule has 0 aliphatic rings. The van der Waals surface area contributed by atoms with Crippen molar-refractivity contribution in [3.63, 3.8) is 0 Å². The van der Waals surface area contributed by atoms with Crippen molar-refractivity contribution in [1.29, 1.82) is 0 Å². The van der Waals surface area contributed by atoms with Gasteiger partial charge >= 0.3 is 6.61 Å². The van der Waals surface area contributed by atoms with Crippen molar-refractivity contribution in [3.05, 3.63) is 63.6 Å². The average molecular weight is 331 g/mol. The normalized spacial score (nSPS) is 10.7. The van der Waals surface area contributed by atoms with Crippen molar-refractivity contribution in [2.24, 2.45) is 0 Å². The van der Waals surface area contributed by atoms with Gasteiger partial charge in [-0.05, 0) is 42.0 Å². The van der Waals surface area contributed by atoms with Gasteiger partial charge in [-0.2, -0.15) is 8.78 Å². The molecule has 0 spiro atoms. The first-order valence-electron chi connectivity index (χ1n) is 5.97. The van der Waals surface area contributed by atoms with E-state index in [1.165, 1.54) is 24.3 Å². The van der Waals surface area contributed by atoms with Gasteiger partial charge in [-0.3, -0.25) is 4.79 Å². The number of alkyl halides is 2. The van der Waals surface area contributed by atoms with E-state index >= 15 is 0 Å². The maximum atomic E-state index is 12.1. The minimum Gasteiger partial charge on any atom is -0.435 e. The van der Waals surface area contributed by atoms with Gasteiger partial charge in [-0.15, -0.1) is 0 Å². The summed E-state index contributed by atoms with van der Waals surface area (Å²) in [5.41, 5.74) is 1.04. The van der Waals surface area contributed by atoms with E-state index in [1.807, 2.05) is 0 Å². The smallest absolute Gasteiger partial charge is 0.387 e. The molecule has 0 fully saturated rings. The molecule has 6 heteroatoms. The zero-order valence-electron chi connectivity index (χ0n) is 10.7. The van der Waals surface area contributed by atoms with Gasteiger partial charge in [0.15, 0.2) is 5.78 Å². The van der Waals surface area contributed by atoms with Crippen molar-refractivity contribution in [1.82, 2.24) is 0 Å². The Morgan fingerprint density at radius 2 is 1.76 bits per heavy atom. The van der Waals surface area contributed by atoms with Gasteiger partial charge in [0.2, 0.25) is 0 Å². The maximum absolute atomic E-state index is 12.1. The highest BCUT2D eigenvalue weighted by molar-refractivity contribution is 6.35. The second-order valence-electron chi connectivity index (χ2n) is 4.24. The number of hydrogen-bond donors (Lipinski definition) is 0. The molecule has 0 N–H and O–H groups in total. The minimum atomic E-state index is -2.89. The topological polar surface area (TPSA) is 26.3 Å². The zero-order valence-corrected chi connectivity index (χ0v) is 12.2. The Balaban J connectivity index is 2.09. The van der Waals surface area contributed by atoms with Crippen molar-refractivity contribution in [3.8, 4) is 5.75 Å². The van der Waals surface area contributed by atoms with E-state index < -0.39 is 6.61 Å². The van der Waals surface area contributed by atoms with E-state index in [-0.39, 0.29) is 18.0 Å². The summed E-state index contributed by atoms with van der Waals surface area (Å²) < 4.78 is 28.3. The molecule has 0 saturated carbocycles. The van der Waals surface area contributed by atoms with E-state index in [0.717, 1.165) is 0 Å². The fourth-order valence-electron chi connectivity index (χ4n) is 1.76. The standard InChI is InChI=1S/C15H10Cl2F2O2/c16-11-4-1-10(13(17)8-11)7-14(20)9-2-5-12(6-3-9)21-15(18)19/h1-6,8,15H,7H2. The minimum absolute atomic E-state index is 0.00563. The molecule has 0 amide bonds. The highest BCUT2D eigenvalue weighted by Crippen LogP contribution is 2.23. The SMILES string of the molecule is O=C(Cc1ccc(Cl)cc1Cl)c1ccc(OC(F)F)cc1. The molecule has 0 bridgehead atoms. The molecule has 2 rings (SSSR count). The summed E-state index contributed by atoms with van der Waals surface area (Å²) in [6.45, 7) is -2.89. The first-order valence-corrected chi connectivity index (χ1v) is 6.73. The summed E-state index contributed by atoms with van der Waals surface area (Å²) in [6, 6.07) is 10.4.